The lowest BCUT2D eigenvalue weighted by Gasteiger charge is -2.07. The van der Waals surface area contributed by atoms with Crippen LogP contribution in [0.1, 0.15) is 5.56 Å². The second kappa shape index (κ2) is 3.91. The molecule has 1 aromatic carbocycles. The van der Waals surface area contributed by atoms with Crippen LogP contribution in [0.15, 0.2) is 36.7 Å². The van der Waals surface area contributed by atoms with Crippen molar-refractivity contribution in [2.45, 2.75) is 6.92 Å². The standard InChI is InChI=1S/C12H11ClN2/c1-8-7-15-5-4-10(8)11-3-2-9(14)6-12(11)13/h2-7H,14H2,1H3. The Kier molecular flexibility index (Phi) is 2.60. The summed E-state index contributed by atoms with van der Waals surface area (Å²) in [5.41, 5.74) is 9.51. The van der Waals surface area contributed by atoms with E-state index in [9.17, 15) is 0 Å². The summed E-state index contributed by atoms with van der Waals surface area (Å²) in [6, 6.07) is 7.49. The Morgan fingerprint density at radius 2 is 2.00 bits per heavy atom. The molecule has 15 heavy (non-hydrogen) atoms. The first-order valence-corrected chi connectivity index (χ1v) is 5.02. The van der Waals surface area contributed by atoms with Crippen molar-refractivity contribution in [3.63, 3.8) is 0 Å². The van der Waals surface area contributed by atoms with Gasteiger partial charge in [-0.05, 0) is 36.2 Å². The summed E-state index contributed by atoms with van der Waals surface area (Å²) in [6.45, 7) is 2.01. The lowest BCUT2D eigenvalue weighted by molar-refractivity contribution is 1.27. The molecule has 0 saturated carbocycles. The van der Waals surface area contributed by atoms with E-state index in [2.05, 4.69) is 4.98 Å². The van der Waals surface area contributed by atoms with Gasteiger partial charge in [-0.2, -0.15) is 0 Å². The highest BCUT2D eigenvalue weighted by molar-refractivity contribution is 6.33. The van der Waals surface area contributed by atoms with Gasteiger partial charge in [0.1, 0.15) is 0 Å². The van der Waals surface area contributed by atoms with Gasteiger partial charge in [0, 0.05) is 23.6 Å². The molecule has 0 spiro atoms. The lowest BCUT2D eigenvalue weighted by atomic mass is 10.0. The van der Waals surface area contributed by atoms with Crippen molar-refractivity contribution in [1.82, 2.24) is 4.98 Å². The number of aromatic nitrogens is 1. The predicted molar refractivity (Wildman–Crippen MR) is 63.8 cm³/mol. The molecule has 2 rings (SSSR count). The third-order valence-corrected chi connectivity index (χ3v) is 2.62. The normalized spacial score (nSPS) is 10.3. The minimum absolute atomic E-state index is 0.671. The maximum absolute atomic E-state index is 6.14. The first kappa shape index (κ1) is 9.99. The van der Waals surface area contributed by atoms with Gasteiger partial charge in [-0.3, -0.25) is 4.98 Å². The highest BCUT2D eigenvalue weighted by atomic mass is 35.5. The van der Waals surface area contributed by atoms with Gasteiger partial charge >= 0.3 is 0 Å². The zero-order valence-electron chi connectivity index (χ0n) is 8.37. The number of anilines is 1. The van der Waals surface area contributed by atoms with E-state index in [0.29, 0.717) is 10.7 Å². The van der Waals surface area contributed by atoms with Gasteiger partial charge in [0.25, 0.3) is 0 Å². The van der Waals surface area contributed by atoms with Crippen LogP contribution in [-0.2, 0) is 0 Å². The van der Waals surface area contributed by atoms with Crippen molar-refractivity contribution in [1.29, 1.82) is 0 Å². The van der Waals surface area contributed by atoms with Crippen molar-refractivity contribution in [2.75, 3.05) is 5.73 Å². The minimum Gasteiger partial charge on any atom is -0.399 e. The number of halogens is 1. The average Bonchev–Trinajstić information content (AvgIpc) is 2.20. The van der Waals surface area contributed by atoms with Gasteiger partial charge in [-0.15, -0.1) is 0 Å². The Labute approximate surface area is 93.7 Å². The summed E-state index contributed by atoms with van der Waals surface area (Å²) in [5, 5.41) is 0.671. The second-order valence-electron chi connectivity index (χ2n) is 3.43. The number of nitrogens with zero attached hydrogens (tertiary/aromatic N) is 1. The molecule has 3 heteroatoms. The first-order chi connectivity index (χ1) is 7.18. The number of hydrogen-bond donors (Lipinski definition) is 1. The fourth-order valence-corrected chi connectivity index (χ4v) is 1.82. The molecule has 1 heterocycles. The van der Waals surface area contributed by atoms with E-state index >= 15 is 0 Å². The van der Waals surface area contributed by atoms with Gasteiger partial charge in [-0.1, -0.05) is 17.7 Å². The van der Waals surface area contributed by atoms with E-state index in [-0.39, 0.29) is 0 Å². The number of benzene rings is 1. The summed E-state index contributed by atoms with van der Waals surface area (Å²) in [4.78, 5) is 4.05. The number of pyridine rings is 1. The molecular formula is C12H11ClN2. The largest absolute Gasteiger partial charge is 0.399 e. The van der Waals surface area contributed by atoms with Crippen molar-refractivity contribution in [2.24, 2.45) is 0 Å². The molecule has 0 aliphatic carbocycles. The molecule has 0 unspecified atom stereocenters. The van der Waals surface area contributed by atoms with E-state index in [1.807, 2.05) is 31.3 Å². The number of hydrogen-bond acceptors (Lipinski definition) is 2. The van der Waals surface area contributed by atoms with Crippen molar-refractivity contribution in [3.05, 3.63) is 47.2 Å². The van der Waals surface area contributed by atoms with Crippen LogP contribution in [0.2, 0.25) is 5.02 Å². The molecule has 1 aromatic heterocycles. The molecule has 0 bridgehead atoms. The molecule has 0 fully saturated rings. The van der Waals surface area contributed by atoms with Crippen LogP contribution in [0.5, 0.6) is 0 Å². The van der Waals surface area contributed by atoms with Crippen LogP contribution < -0.4 is 5.73 Å². The average molecular weight is 219 g/mol. The predicted octanol–water partition coefficient (Wildman–Crippen LogP) is 3.29. The van der Waals surface area contributed by atoms with Crippen molar-refractivity contribution < 1.29 is 0 Å². The third-order valence-electron chi connectivity index (χ3n) is 2.30. The Bertz CT molecular complexity index is 495. The van der Waals surface area contributed by atoms with E-state index in [1.54, 1.807) is 12.3 Å². The highest BCUT2D eigenvalue weighted by Crippen LogP contribution is 2.30. The van der Waals surface area contributed by atoms with Crippen LogP contribution >= 0.6 is 11.6 Å². The van der Waals surface area contributed by atoms with Gasteiger partial charge in [0.15, 0.2) is 0 Å². The maximum atomic E-state index is 6.14. The number of rotatable bonds is 1. The Morgan fingerprint density at radius 3 is 2.67 bits per heavy atom. The SMILES string of the molecule is Cc1cnccc1-c1ccc(N)cc1Cl. The van der Waals surface area contributed by atoms with Crippen LogP contribution in [0.3, 0.4) is 0 Å². The van der Waals surface area contributed by atoms with Crippen LogP contribution in [0.4, 0.5) is 5.69 Å². The van der Waals surface area contributed by atoms with Crippen LogP contribution in [-0.4, -0.2) is 4.98 Å². The van der Waals surface area contributed by atoms with E-state index < -0.39 is 0 Å². The first-order valence-electron chi connectivity index (χ1n) is 4.64. The molecule has 0 atom stereocenters. The molecule has 0 aliphatic heterocycles. The van der Waals surface area contributed by atoms with E-state index in [1.165, 1.54) is 0 Å². The zero-order valence-corrected chi connectivity index (χ0v) is 9.12. The maximum Gasteiger partial charge on any atom is 0.0504 e. The summed E-state index contributed by atoms with van der Waals surface area (Å²) < 4.78 is 0. The van der Waals surface area contributed by atoms with Gasteiger partial charge in [0.05, 0.1) is 5.02 Å². The molecular weight excluding hydrogens is 208 g/mol. The van der Waals surface area contributed by atoms with Gasteiger partial charge in [-0.25, -0.2) is 0 Å². The number of aryl methyl sites for hydroxylation is 1. The fourth-order valence-electron chi connectivity index (χ4n) is 1.53. The summed E-state index contributed by atoms with van der Waals surface area (Å²) in [6.07, 6.45) is 3.58. The lowest BCUT2D eigenvalue weighted by Crippen LogP contribution is -1.88. The van der Waals surface area contributed by atoms with E-state index in [4.69, 9.17) is 17.3 Å². The smallest absolute Gasteiger partial charge is 0.0504 e. The quantitative estimate of drug-likeness (QED) is 0.746. The summed E-state index contributed by atoms with van der Waals surface area (Å²) in [7, 11) is 0. The van der Waals surface area contributed by atoms with Crippen molar-refractivity contribution in [3.8, 4) is 11.1 Å². The van der Waals surface area contributed by atoms with Crippen LogP contribution in [0, 0.1) is 6.92 Å². The van der Waals surface area contributed by atoms with Crippen LogP contribution in [0.25, 0.3) is 11.1 Å². The topological polar surface area (TPSA) is 38.9 Å². The molecule has 0 saturated heterocycles. The molecule has 0 aliphatic rings. The molecule has 0 radical (unpaired) electrons. The zero-order chi connectivity index (χ0) is 10.8. The Balaban J connectivity index is 2.60. The fraction of sp³-hybridized carbons (Fsp3) is 0.0833. The highest BCUT2D eigenvalue weighted by Gasteiger charge is 2.05. The number of nitrogens with two attached hydrogens (primary N) is 1. The molecule has 2 N–H and O–H groups in total. The van der Waals surface area contributed by atoms with E-state index in [0.717, 1.165) is 16.7 Å². The summed E-state index contributed by atoms with van der Waals surface area (Å²) in [5.74, 6) is 0. The number of nitrogen functional groups attached to an aromatic ring is 1. The molecule has 2 nitrogen and oxygen atoms in total. The molecule has 0 amide bonds. The second-order valence-corrected chi connectivity index (χ2v) is 3.84. The van der Waals surface area contributed by atoms with Crippen molar-refractivity contribution >= 4 is 17.3 Å². The summed E-state index contributed by atoms with van der Waals surface area (Å²) >= 11 is 6.14. The van der Waals surface area contributed by atoms with Gasteiger partial charge < -0.3 is 5.73 Å². The third kappa shape index (κ3) is 1.95. The van der Waals surface area contributed by atoms with Gasteiger partial charge in [0.2, 0.25) is 0 Å². The Morgan fingerprint density at radius 1 is 1.20 bits per heavy atom. The monoisotopic (exact) mass is 218 g/mol. The molecule has 76 valence electrons. The molecule has 2 aromatic rings. The minimum atomic E-state index is 0.671. The Hall–Kier alpha value is -1.54.